The molecule has 0 unspecified atom stereocenters. The predicted molar refractivity (Wildman–Crippen MR) is 175 cm³/mol. The maximum atomic E-state index is 14.4. The van der Waals surface area contributed by atoms with Crippen molar-refractivity contribution in [2.45, 2.75) is 58.4 Å². The van der Waals surface area contributed by atoms with Gasteiger partial charge in [0.2, 0.25) is 5.91 Å². The van der Waals surface area contributed by atoms with E-state index >= 15 is 0 Å². The zero-order valence-electron chi connectivity index (χ0n) is 27.0. The lowest BCUT2D eigenvalue weighted by molar-refractivity contribution is -0.136. The minimum absolute atomic E-state index is 0.0315. The predicted octanol–water partition coefficient (Wildman–Crippen LogP) is 5.75. The third-order valence-corrected chi connectivity index (χ3v) is 7.99. The van der Waals surface area contributed by atoms with Gasteiger partial charge in [0.25, 0.3) is 0 Å². The van der Waals surface area contributed by atoms with Gasteiger partial charge in [0.1, 0.15) is 6.04 Å². The van der Waals surface area contributed by atoms with Crippen LogP contribution in [0.3, 0.4) is 0 Å². The minimum Gasteiger partial charge on any atom is -0.343 e. The number of benzene rings is 2. The molecule has 0 N–H and O–H groups in total. The fraction of sp³-hybridized carbons (Fsp3) is 0.559. The molecule has 236 valence electrons. The van der Waals surface area contributed by atoms with Gasteiger partial charge in [-0.2, -0.15) is 0 Å². The number of unbranched alkanes of at least 4 members (excludes halogenated alkanes) is 4. The fourth-order valence-electron chi connectivity index (χ4n) is 5.37. The van der Waals surface area contributed by atoms with Gasteiger partial charge in [0.05, 0.1) is 17.9 Å². The van der Waals surface area contributed by atoms with Crippen LogP contribution in [0.15, 0.2) is 60.7 Å². The van der Waals surface area contributed by atoms with Crippen LogP contribution in [0, 0.1) is 0 Å². The standard InChI is InChI=1S/C34H52N6O3/c1-6-8-16-22-37(23-17-9-7-2)33(42)38-26-27-39(31(28-38)32(41)36(5)25-24-35(3)4)34(43)40(29-18-12-10-13-19-29)30-20-14-11-15-21-30/h10-15,18-21,31H,6-9,16-17,22-28H2,1-5H3/t31-/m0/s1. The lowest BCUT2D eigenvalue weighted by atomic mass is 10.1. The zero-order valence-corrected chi connectivity index (χ0v) is 27.0. The zero-order chi connectivity index (χ0) is 31.2. The summed E-state index contributed by atoms with van der Waals surface area (Å²) in [6.45, 7) is 7.81. The lowest BCUT2D eigenvalue weighted by Gasteiger charge is -2.44. The smallest absolute Gasteiger partial charge is 0.329 e. The molecule has 0 aliphatic carbocycles. The van der Waals surface area contributed by atoms with Crippen molar-refractivity contribution in [2.75, 3.05) is 71.9 Å². The molecule has 9 heteroatoms. The molecule has 1 aliphatic rings. The summed E-state index contributed by atoms with van der Waals surface area (Å²) in [6.07, 6.45) is 6.26. The summed E-state index contributed by atoms with van der Waals surface area (Å²) in [4.78, 5) is 53.1. The molecule has 9 nitrogen and oxygen atoms in total. The Morgan fingerprint density at radius 3 is 1.72 bits per heavy atom. The summed E-state index contributed by atoms with van der Waals surface area (Å²) in [5.41, 5.74) is 1.45. The first-order valence-electron chi connectivity index (χ1n) is 15.9. The van der Waals surface area contributed by atoms with Crippen LogP contribution in [0.5, 0.6) is 0 Å². The average Bonchev–Trinajstić information content (AvgIpc) is 3.03. The van der Waals surface area contributed by atoms with Crippen LogP contribution in [0.4, 0.5) is 21.0 Å². The highest BCUT2D eigenvalue weighted by atomic mass is 16.2. The van der Waals surface area contributed by atoms with Gasteiger partial charge < -0.3 is 24.5 Å². The van der Waals surface area contributed by atoms with Gasteiger partial charge in [-0.25, -0.2) is 9.59 Å². The third-order valence-electron chi connectivity index (χ3n) is 7.99. The number of piperazine rings is 1. The molecule has 1 saturated heterocycles. The molecule has 43 heavy (non-hydrogen) atoms. The van der Waals surface area contributed by atoms with Gasteiger partial charge in [-0.3, -0.25) is 9.69 Å². The Labute approximate surface area is 259 Å². The molecular weight excluding hydrogens is 540 g/mol. The second-order valence-electron chi connectivity index (χ2n) is 11.7. The summed E-state index contributed by atoms with van der Waals surface area (Å²) in [6, 6.07) is 17.9. The number of carbonyl (C=O) groups excluding carboxylic acids is 3. The Morgan fingerprint density at radius 1 is 0.698 bits per heavy atom. The molecule has 0 aromatic heterocycles. The number of carbonyl (C=O) groups is 3. The van der Waals surface area contributed by atoms with Gasteiger partial charge in [0, 0.05) is 46.3 Å². The number of nitrogens with zero attached hydrogens (tertiary/aromatic N) is 6. The molecule has 0 spiro atoms. The Kier molecular flexibility index (Phi) is 13.8. The van der Waals surface area contributed by atoms with Crippen molar-refractivity contribution in [3.8, 4) is 0 Å². The molecule has 1 atom stereocenters. The van der Waals surface area contributed by atoms with Crippen LogP contribution < -0.4 is 4.90 Å². The van der Waals surface area contributed by atoms with Crippen LogP contribution >= 0.6 is 0 Å². The summed E-state index contributed by atoms with van der Waals surface area (Å²) in [5.74, 6) is -0.155. The van der Waals surface area contributed by atoms with E-state index in [2.05, 4.69) is 13.8 Å². The highest BCUT2D eigenvalue weighted by Gasteiger charge is 2.41. The number of hydrogen-bond donors (Lipinski definition) is 0. The van der Waals surface area contributed by atoms with Crippen molar-refractivity contribution in [1.82, 2.24) is 24.5 Å². The van der Waals surface area contributed by atoms with Crippen molar-refractivity contribution < 1.29 is 14.4 Å². The lowest BCUT2D eigenvalue weighted by Crippen LogP contribution is -2.64. The van der Waals surface area contributed by atoms with E-state index < -0.39 is 6.04 Å². The summed E-state index contributed by atoms with van der Waals surface area (Å²) in [7, 11) is 5.72. The van der Waals surface area contributed by atoms with Crippen LogP contribution in [0.25, 0.3) is 0 Å². The molecule has 5 amide bonds. The Bertz CT molecular complexity index is 1080. The molecule has 1 aliphatic heterocycles. The van der Waals surface area contributed by atoms with Crippen molar-refractivity contribution in [1.29, 1.82) is 0 Å². The molecule has 2 aromatic rings. The van der Waals surface area contributed by atoms with Gasteiger partial charge in [-0.15, -0.1) is 0 Å². The average molecular weight is 593 g/mol. The first kappa shape index (κ1) is 33.9. The van der Waals surface area contributed by atoms with Crippen molar-refractivity contribution >= 4 is 29.3 Å². The SMILES string of the molecule is CCCCCN(CCCCC)C(=O)N1CCN(C(=O)N(c2ccccc2)c2ccccc2)[C@H](C(=O)N(C)CCN(C)C)C1. The molecular formula is C34H52N6O3. The first-order chi connectivity index (χ1) is 20.8. The number of anilines is 2. The highest BCUT2D eigenvalue weighted by molar-refractivity contribution is 6.01. The van der Waals surface area contributed by atoms with E-state index in [1.54, 1.807) is 26.6 Å². The van der Waals surface area contributed by atoms with E-state index in [0.29, 0.717) is 32.7 Å². The summed E-state index contributed by atoms with van der Waals surface area (Å²) >= 11 is 0. The van der Waals surface area contributed by atoms with Crippen LogP contribution in [-0.4, -0.2) is 115 Å². The van der Waals surface area contributed by atoms with Crippen LogP contribution in [-0.2, 0) is 4.79 Å². The van der Waals surface area contributed by atoms with Crippen molar-refractivity contribution in [3.63, 3.8) is 0 Å². The van der Waals surface area contributed by atoms with Gasteiger partial charge in [-0.1, -0.05) is 75.9 Å². The number of rotatable bonds is 14. The van der Waals surface area contributed by atoms with Gasteiger partial charge in [-0.05, 0) is 51.2 Å². The molecule has 0 radical (unpaired) electrons. The quantitative estimate of drug-likeness (QED) is 0.262. The third kappa shape index (κ3) is 9.71. The van der Waals surface area contributed by atoms with E-state index in [-0.39, 0.29) is 31.1 Å². The van der Waals surface area contributed by atoms with Crippen LogP contribution in [0.1, 0.15) is 52.4 Å². The Hall–Kier alpha value is -3.59. The monoisotopic (exact) mass is 592 g/mol. The van der Waals surface area contributed by atoms with Crippen molar-refractivity contribution in [2.24, 2.45) is 0 Å². The van der Waals surface area contributed by atoms with Crippen LogP contribution in [0.2, 0.25) is 0 Å². The van der Waals surface area contributed by atoms with E-state index in [1.807, 2.05) is 84.6 Å². The van der Waals surface area contributed by atoms with Crippen molar-refractivity contribution in [3.05, 3.63) is 60.7 Å². The van der Waals surface area contributed by atoms with E-state index in [9.17, 15) is 14.4 Å². The second-order valence-corrected chi connectivity index (χ2v) is 11.7. The maximum absolute atomic E-state index is 14.4. The molecule has 0 bridgehead atoms. The largest absolute Gasteiger partial charge is 0.343 e. The number of urea groups is 2. The number of likely N-dealkylation sites (N-methyl/N-ethyl adjacent to an activating group) is 2. The highest BCUT2D eigenvalue weighted by Crippen LogP contribution is 2.28. The van der Waals surface area contributed by atoms with E-state index in [0.717, 1.165) is 49.9 Å². The Balaban J connectivity index is 1.91. The fourth-order valence-corrected chi connectivity index (χ4v) is 5.37. The minimum atomic E-state index is -0.791. The maximum Gasteiger partial charge on any atom is 0.329 e. The topological polar surface area (TPSA) is 70.7 Å². The molecule has 0 saturated carbocycles. The van der Waals surface area contributed by atoms with E-state index in [1.165, 1.54) is 0 Å². The van der Waals surface area contributed by atoms with Gasteiger partial charge >= 0.3 is 12.1 Å². The second kappa shape index (κ2) is 17.5. The summed E-state index contributed by atoms with van der Waals surface area (Å²) < 4.78 is 0. The number of para-hydroxylation sites is 2. The van der Waals surface area contributed by atoms with Gasteiger partial charge in [0.15, 0.2) is 0 Å². The summed E-state index contributed by atoms with van der Waals surface area (Å²) in [5, 5.41) is 0. The first-order valence-corrected chi connectivity index (χ1v) is 15.9. The molecule has 1 fully saturated rings. The molecule has 1 heterocycles. The Morgan fingerprint density at radius 2 is 1.23 bits per heavy atom. The molecule has 3 rings (SSSR count). The van der Waals surface area contributed by atoms with E-state index in [4.69, 9.17) is 0 Å². The molecule has 2 aromatic carbocycles. The normalized spacial score (nSPS) is 15.0. The number of amides is 5. The number of hydrogen-bond acceptors (Lipinski definition) is 4.